The van der Waals surface area contributed by atoms with E-state index in [2.05, 4.69) is 13.1 Å². The minimum Gasteiger partial charge on any atom is -0.482 e. The minimum absolute atomic E-state index is 0.0743. The Kier molecular flexibility index (Phi) is 3.81. The number of likely N-dealkylation sites (tertiary alicyclic amines) is 1. The summed E-state index contributed by atoms with van der Waals surface area (Å²) in [7, 11) is 4.10. The van der Waals surface area contributed by atoms with E-state index in [1.54, 1.807) is 7.11 Å². The largest absolute Gasteiger partial charge is 0.482 e. The van der Waals surface area contributed by atoms with Crippen LogP contribution in [0.25, 0.3) is 0 Å². The van der Waals surface area contributed by atoms with Crippen molar-refractivity contribution in [2.75, 3.05) is 27.2 Å². The van der Waals surface area contributed by atoms with Gasteiger partial charge in [-0.15, -0.1) is 0 Å². The molecule has 1 aromatic carbocycles. The summed E-state index contributed by atoms with van der Waals surface area (Å²) in [5.74, 6) is 1.59. The molecule has 3 fully saturated rings. The molecular formula is C24H32NO5+. The number of hydrogen-bond acceptors (Lipinski definition) is 5. The van der Waals surface area contributed by atoms with E-state index in [0.29, 0.717) is 11.5 Å². The fraction of sp³-hybridized carbons (Fsp3) is 0.708. The number of piperidine rings is 1. The van der Waals surface area contributed by atoms with Gasteiger partial charge in [-0.05, 0) is 37.3 Å². The summed E-state index contributed by atoms with van der Waals surface area (Å²) in [5, 5.41) is 12.5. The molecule has 2 heterocycles. The quantitative estimate of drug-likeness (QED) is 0.465. The van der Waals surface area contributed by atoms with E-state index < -0.39 is 11.0 Å². The Morgan fingerprint density at radius 1 is 1.30 bits per heavy atom. The Balaban J connectivity index is 1.55. The third-order valence-electron chi connectivity index (χ3n) is 8.97. The lowest BCUT2D eigenvalue weighted by atomic mass is 9.48. The molecule has 30 heavy (non-hydrogen) atoms. The number of benzene rings is 1. The lowest BCUT2D eigenvalue weighted by molar-refractivity contribution is -0.950. The molecular weight excluding hydrogens is 382 g/mol. The van der Waals surface area contributed by atoms with Crippen LogP contribution in [-0.4, -0.2) is 66.7 Å². The predicted octanol–water partition coefficient (Wildman–Crippen LogP) is 2.34. The van der Waals surface area contributed by atoms with E-state index >= 15 is 0 Å². The molecule has 2 saturated carbocycles. The molecule has 0 aromatic heterocycles. The average molecular weight is 415 g/mol. The molecule has 6 rings (SSSR count). The molecule has 6 heteroatoms. The summed E-state index contributed by atoms with van der Waals surface area (Å²) in [5.41, 5.74) is 1.01. The van der Waals surface area contributed by atoms with Gasteiger partial charge in [0.1, 0.15) is 17.7 Å². The van der Waals surface area contributed by atoms with E-state index in [-0.39, 0.29) is 24.2 Å². The van der Waals surface area contributed by atoms with Crippen LogP contribution >= 0.6 is 0 Å². The van der Waals surface area contributed by atoms with Crippen molar-refractivity contribution in [3.8, 4) is 11.5 Å². The number of likely N-dealkylation sites (N-methyl/N-ethyl adjacent to an activating group) is 1. The number of nitrogens with zero attached hydrogens (tertiary/aromatic N) is 1. The van der Waals surface area contributed by atoms with Gasteiger partial charge in [0, 0.05) is 38.4 Å². The van der Waals surface area contributed by atoms with Crippen molar-refractivity contribution in [3.63, 3.8) is 0 Å². The summed E-state index contributed by atoms with van der Waals surface area (Å²) >= 11 is 0. The van der Waals surface area contributed by atoms with Crippen LogP contribution in [0.1, 0.15) is 50.2 Å². The lowest BCUT2D eigenvalue weighted by Crippen LogP contribution is -2.81. The smallest absolute Gasteiger partial charge is 0.308 e. The number of rotatable bonds is 4. The van der Waals surface area contributed by atoms with Crippen molar-refractivity contribution in [1.82, 2.24) is 0 Å². The van der Waals surface area contributed by atoms with Crippen molar-refractivity contribution < 1.29 is 28.6 Å². The summed E-state index contributed by atoms with van der Waals surface area (Å²) in [6, 6.07) is 4.13. The monoisotopic (exact) mass is 414 g/mol. The summed E-state index contributed by atoms with van der Waals surface area (Å²) in [6.45, 7) is 3.62. The van der Waals surface area contributed by atoms with Crippen LogP contribution < -0.4 is 9.47 Å². The SMILES string of the molecule is CO[C@H]1CC[C@@]2(O)[C@H]3Cc4ccc(OC(C)=O)c5c4[C@@]2(CC[N+]3(C)CC2CC2)[C@H]1O5. The van der Waals surface area contributed by atoms with Crippen molar-refractivity contribution in [1.29, 1.82) is 0 Å². The standard InChI is InChI=1S/C24H32NO5/c1-14(26)29-17-7-6-16-12-19-24(27)9-8-18(28-3)22-23(24,20(16)21(17)30-22)10-11-25(19,2)13-15-4-5-15/h6-7,15,18-19,22,27H,4-5,8-13H2,1-3H3/q+1/t18-,19+,22-,23-,24+,25?/m0/s1. The van der Waals surface area contributed by atoms with Crippen molar-refractivity contribution in [2.24, 2.45) is 5.92 Å². The maximum Gasteiger partial charge on any atom is 0.308 e. The van der Waals surface area contributed by atoms with Crippen LogP contribution in [0.2, 0.25) is 0 Å². The van der Waals surface area contributed by atoms with Crippen LogP contribution in [0, 0.1) is 5.92 Å². The minimum atomic E-state index is -0.832. The molecule has 2 aliphatic heterocycles. The Labute approximate surface area is 177 Å². The maximum atomic E-state index is 12.5. The van der Waals surface area contributed by atoms with Gasteiger partial charge >= 0.3 is 5.97 Å². The topological polar surface area (TPSA) is 65.0 Å². The molecule has 162 valence electrons. The van der Waals surface area contributed by atoms with Crippen molar-refractivity contribution in [3.05, 3.63) is 23.3 Å². The predicted molar refractivity (Wildman–Crippen MR) is 110 cm³/mol. The number of aliphatic hydroxyl groups is 1. The van der Waals surface area contributed by atoms with E-state index in [9.17, 15) is 9.90 Å². The Hall–Kier alpha value is -1.63. The molecule has 1 spiro atoms. The zero-order valence-corrected chi connectivity index (χ0v) is 18.1. The summed E-state index contributed by atoms with van der Waals surface area (Å²) in [4.78, 5) is 11.7. The highest BCUT2D eigenvalue weighted by Gasteiger charge is 2.76. The number of methoxy groups -OCH3 is 1. The Morgan fingerprint density at radius 2 is 2.10 bits per heavy atom. The van der Waals surface area contributed by atoms with Crippen LogP contribution in [0.3, 0.4) is 0 Å². The first-order chi connectivity index (χ1) is 14.3. The van der Waals surface area contributed by atoms with Gasteiger partial charge in [-0.25, -0.2) is 0 Å². The van der Waals surface area contributed by atoms with Crippen LogP contribution in [0.15, 0.2) is 12.1 Å². The van der Waals surface area contributed by atoms with Crippen molar-refractivity contribution >= 4 is 5.97 Å². The molecule has 3 aliphatic carbocycles. The van der Waals surface area contributed by atoms with Gasteiger partial charge in [0.25, 0.3) is 0 Å². The van der Waals surface area contributed by atoms with Crippen LogP contribution in [0.4, 0.5) is 0 Å². The highest BCUT2D eigenvalue weighted by molar-refractivity contribution is 5.72. The third kappa shape index (κ3) is 2.22. The molecule has 1 unspecified atom stereocenters. The average Bonchev–Trinajstić information content (AvgIpc) is 3.42. The van der Waals surface area contributed by atoms with Crippen LogP contribution in [-0.2, 0) is 21.4 Å². The number of carbonyl (C=O) groups excluding carboxylic acids is 1. The second kappa shape index (κ2) is 5.99. The zero-order valence-electron chi connectivity index (χ0n) is 18.1. The van der Waals surface area contributed by atoms with Gasteiger partial charge in [-0.1, -0.05) is 6.07 Å². The molecule has 1 aromatic rings. The number of carbonyl (C=O) groups is 1. The Morgan fingerprint density at radius 3 is 2.80 bits per heavy atom. The second-order valence-electron chi connectivity index (χ2n) is 10.6. The van der Waals surface area contributed by atoms with E-state index in [4.69, 9.17) is 14.2 Å². The number of ether oxygens (including phenoxy) is 3. The van der Waals surface area contributed by atoms with Gasteiger partial charge in [-0.3, -0.25) is 4.79 Å². The number of quaternary nitrogens is 1. The first-order valence-electron chi connectivity index (χ1n) is 11.4. The normalized spacial score (nSPS) is 43.0. The third-order valence-corrected chi connectivity index (χ3v) is 8.97. The van der Waals surface area contributed by atoms with Crippen molar-refractivity contribution in [2.45, 2.75) is 74.7 Å². The van der Waals surface area contributed by atoms with E-state index in [1.165, 1.54) is 25.3 Å². The highest BCUT2D eigenvalue weighted by Crippen LogP contribution is 2.66. The van der Waals surface area contributed by atoms with Gasteiger partial charge in [0.2, 0.25) is 0 Å². The van der Waals surface area contributed by atoms with Gasteiger partial charge < -0.3 is 23.8 Å². The fourth-order valence-corrected chi connectivity index (χ4v) is 7.58. The first-order valence-corrected chi connectivity index (χ1v) is 11.4. The molecule has 6 atom stereocenters. The van der Waals surface area contributed by atoms with Gasteiger partial charge in [0.05, 0.1) is 31.7 Å². The summed E-state index contributed by atoms with van der Waals surface area (Å²) in [6.07, 6.45) is 5.56. The van der Waals surface area contributed by atoms with Crippen LogP contribution in [0.5, 0.6) is 11.5 Å². The molecule has 0 amide bonds. The molecule has 0 radical (unpaired) electrons. The second-order valence-corrected chi connectivity index (χ2v) is 10.6. The molecule has 5 aliphatic rings. The first kappa shape index (κ1) is 19.1. The molecule has 2 bridgehead atoms. The Bertz CT molecular complexity index is 928. The van der Waals surface area contributed by atoms with Gasteiger partial charge in [0.15, 0.2) is 11.5 Å². The number of hydrogen-bond donors (Lipinski definition) is 1. The van der Waals surface area contributed by atoms with E-state index in [1.807, 2.05) is 6.07 Å². The summed E-state index contributed by atoms with van der Waals surface area (Å²) < 4.78 is 18.9. The lowest BCUT2D eigenvalue weighted by Gasteiger charge is -2.65. The zero-order chi connectivity index (χ0) is 20.9. The highest BCUT2D eigenvalue weighted by atomic mass is 16.6. The molecule has 1 saturated heterocycles. The molecule has 6 nitrogen and oxygen atoms in total. The molecule has 1 N–H and O–H groups in total. The van der Waals surface area contributed by atoms with E-state index in [0.717, 1.165) is 54.7 Å². The maximum absolute atomic E-state index is 12.5. The number of esters is 1. The fourth-order valence-electron chi connectivity index (χ4n) is 7.58. The van der Waals surface area contributed by atoms with Gasteiger partial charge in [-0.2, -0.15) is 0 Å².